The summed E-state index contributed by atoms with van der Waals surface area (Å²) in [5, 5.41) is 7.14. The summed E-state index contributed by atoms with van der Waals surface area (Å²) >= 11 is 3.34. The summed E-state index contributed by atoms with van der Waals surface area (Å²) in [7, 11) is 0. The van der Waals surface area contributed by atoms with Crippen LogP contribution in [0.3, 0.4) is 0 Å². The van der Waals surface area contributed by atoms with E-state index in [1.165, 1.54) is 0 Å². The molecule has 2 aromatic heterocycles. The van der Waals surface area contributed by atoms with Crippen LogP contribution in [0.1, 0.15) is 27.7 Å². The smallest absolute Gasteiger partial charge is 0.233 e. The van der Waals surface area contributed by atoms with Crippen LogP contribution < -0.4 is 5.32 Å². The molecule has 0 saturated carbocycles. The fourth-order valence-electron chi connectivity index (χ4n) is 1.75. The van der Waals surface area contributed by atoms with Crippen molar-refractivity contribution in [3.8, 4) is 5.82 Å². The zero-order chi connectivity index (χ0) is 17.0. The molecule has 0 radical (unpaired) electrons. The highest BCUT2D eigenvalue weighted by Crippen LogP contribution is 2.20. The van der Waals surface area contributed by atoms with E-state index in [0.717, 1.165) is 4.47 Å². The van der Waals surface area contributed by atoms with Gasteiger partial charge in [-0.05, 0) is 55.8 Å². The molecule has 0 aliphatic heterocycles. The van der Waals surface area contributed by atoms with Gasteiger partial charge in [0.05, 0.1) is 18.1 Å². The molecule has 0 unspecified atom stereocenters. The van der Waals surface area contributed by atoms with Crippen molar-refractivity contribution in [1.29, 1.82) is 0 Å². The first kappa shape index (κ1) is 17.6. The summed E-state index contributed by atoms with van der Waals surface area (Å²) in [4.78, 5) is 16.6. The van der Waals surface area contributed by atoms with Crippen LogP contribution in [0.2, 0.25) is 0 Å². The van der Waals surface area contributed by atoms with E-state index in [1.807, 2.05) is 39.8 Å². The maximum atomic E-state index is 12.4. The molecule has 0 aromatic carbocycles. The Morgan fingerprint density at radius 1 is 1.39 bits per heavy atom. The molecule has 0 fully saturated rings. The Hall–Kier alpha value is -1.73. The Morgan fingerprint density at radius 2 is 2.13 bits per heavy atom. The maximum Gasteiger partial charge on any atom is 0.233 e. The second-order valence-electron chi connectivity index (χ2n) is 6.18. The summed E-state index contributed by atoms with van der Waals surface area (Å²) in [5.41, 5.74) is -0.635. The number of hydrogen-bond acceptors (Lipinski definition) is 4. The van der Waals surface area contributed by atoms with Gasteiger partial charge in [0, 0.05) is 22.9 Å². The Labute approximate surface area is 144 Å². The minimum atomic E-state index is -0.635. The molecule has 2 heterocycles. The van der Waals surface area contributed by atoms with E-state index in [1.54, 1.807) is 23.1 Å². The Morgan fingerprint density at radius 3 is 2.74 bits per heavy atom. The van der Waals surface area contributed by atoms with Gasteiger partial charge in [0.2, 0.25) is 5.91 Å². The first-order valence-electron chi connectivity index (χ1n) is 7.38. The van der Waals surface area contributed by atoms with Crippen molar-refractivity contribution < 1.29 is 9.53 Å². The second kappa shape index (κ2) is 7.23. The molecule has 1 amide bonds. The van der Waals surface area contributed by atoms with Crippen molar-refractivity contribution >= 4 is 27.7 Å². The monoisotopic (exact) mass is 380 g/mol. The lowest BCUT2D eigenvalue weighted by molar-refractivity contribution is -0.128. The summed E-state index contributed by atoms with van der Waals surface area (Å²) in [6, 6.07) is 5.46. The zero-order valence-electron chi connectivity index (χ0n) is 13.7. The van der Waals surface area contributed by atoms with E-state index in [-0.39, 0.29) is 12.0 Å². The summed E-state index contributed by atoms with van der Waals surface area (Å²) in [6.45, 7) is 7.93. The number of nitrogens with zero attached hydrogens (tertiary/aromatic N) is 3. The number of nitrogens with one attached hydrogen (secondary N) is 1. The zero-order valence-corrected chi connectivity index (χ0v) is 15.3. The van der Waals surface area contributed by atoms with Gasteiger partial charge in [-0.25, -0.2) is 9.67 Å². The van der Waals surface area contributed by atoms with Crippen LogP contribution in [-0.2, 0) is 9.53 Å². The summed E-state index contributed by atoms with van der Waals surface area (Å²) in [5.74, 6) is 1.03. The van der Waals surface area contributed by atoms with Crippen molar-refractivity contribution in [2.75, 3.05) is 11.9 Å². The number of amides is 1. The third kappa shape index (κ3) is 4.87. The van der Waals surface area contributed by atoms with Crippen molar-refractivity contribution in [2.45, 2.75) is 33.8 Å². The van der Waals surface area contributed by atoms with Gasteiger partial charge in [-0.15, -0.1) is 5.10 Å². The lowest BCUT2D eigenvalue weighted by Crippen LogP contribution is -2.35. The number of halogens is 1. The molecule has 0 saturated heterocycles. The lowest BCUT2D eigenvalue weighted by atomic mass is 9.93. The molecule has 2 rings (SSSR count). The molecular formula is C16H21BrN4O2. The van der Waals surface area contributed by atoms with Crippen LogP contribution in [-0.4, -0.2) is 33.4 Å². The quantitative estimate of drug-likeness (QED) is 0.833. The number of anilines is 1. The van der Waals surface area contributed by atoms with Gasteiger partial charge in [0.1, 0.15) is 0 Å². The average molecular weight is 381 g/mol. The SMILES string of the molecule is CC(C)OCC(C)(C)C(=O)Nc1ccn(-c2ccc(Br)cn2)n1. The van der Waals surface area contributed by atoms with Gasteiger partial charge < -0.3 is 10.1 Å². The molecule has 0 spiro atoms. The first-order chi connectivity index (χ1) is 10.8. The highest BCUT2D eigenvalue weighted by Gasteiger charge is 2.29. The van der Waals surface area contributed by atoms with Gasteiger partial charge in [-0.3, -0.25) is 4.79 Å². The van der Waals surface area contributed by atoms with Crippen LogP contribution in [0.25, 0.3) is 5.82 Å². The predicted octanol–water partition coefficient (Wildman–Crippen LogP) is 3.42. The molecule has 23 heavy (non-hydrogen) atoms. The number of aromatic nitrogens is 3. The number of pyridine rings is 1. The van der Waals surface area contributed by atoms with Crippen LogP contribution in [0, 0.1) is 5.41 Å². The summed E-state index contributed by atoms with van der Waals surface area (Å²) < 4.78 is 8.06. The van der Waals surface area contributed by atoms with E-state index in [9.17, 15) is 4.79 Å². The number of rotatable bonds is 6. The second-order valence-corrected chi connectivity index (χ2v) is 7.09. The van der Waals surface area contributed by atoms with Crippen molar-refractivity contribution in [3.63, 3.8) is 0 Å². The minimum absolute atomic E-state index is 0.0877. The molecule has 6 nitrogen and oxygen atoms in total. The summed E-state index contributed by atoms with van der Waals surface area (Å²) in [6.07, 6.45) is 3.54. The number of carbonyl (C=O) groups is 1. The number of ether oxygens (including phenoxy) is 1. The van der Waals surface area contributed by atoms with Crippen LogP contribution in [0.5, 0.6) is 0 Å². The normalized spacial score (nSPS) is 11.7. The van der Waals surface area contributed by atoms with Crippen LogP contribution in [0.4, 0.5) is 5.82 Å². The van der Waals surface area contributed by atoms with Crippen molar-refractivity contribution in [3.05, 3.63) is 35.1 Å². The Bertz CT molecular complexity index is 665. The molecule has 0 atom stereocenters. The maximum absolute atomic E-state index is 12.4. The average Bonchev–Trinajstić information content (AvgIpc) is 2.94. The molecule has 0 aliphatic rings. The topological polar surface area (TPSA) is 69.0 Å². The number of carbonyl (C=O) groups excluding carboxylic acids is 1. The standard InChI is InChI=1S/C16H21BrN4O2/c1-11(2)23-10-16(3,4)15(22)19-13-7-8-21(20-13)14-6-5-12(17)9-18-14/h5-9,11H,10H2,1-4H3,(H,19,20,22). The number of hydrogen-bond donors (Lipinski definition) is 1. The fraction of sp³-hybridized carbons (Fsp3) is 0.438. The molecular weight excluding hydrogens is 360 g/mol. The third-order valence-corrected chi connectivity index (χ3v) is 3.64. The fourth-order valence-corrected chi connectivity index (χ4v) is 1.98. The van der Waals surface area contributed by atoms with E-state index in [2.05, 4.69) is 31.3 Å². The van der Waals surface area contributed by atoms with Gasteiger partial charge in [0.25, 0.3) is 0 Å². The third-order valence-electron chi connectivity index (χ3n) is 3.17. The van der Waals surface area contributed by atoms with Crippen molar-refractivity contribution in [1.82, 2.24) is 14.8 Å². The largest absolute Gasteiger partial charge is 0.378 e. The molecule has 0 aliphatic carbocycles. The molecule has 1 N–H and O–H groups in total. The van der Waals surface area contributed by atoms with Gasteiger partial charge in [-0.1, -0.05) is 0 Å². The molecule has 124 valence electrons. The highest BCUT2D eigenvalue weighted by atomic mass is 79.9. The van der Waals surface area contributed by atoms with Crippen LogP contribution in [0.15, 0.2) is 35.1 Å². The molecule has 2 aromatic rings. The van der Waals surface area contributed by atoms with Gasteiger partial charge in [-0.2, -0.15) is 0 Å². The highest BCUT2D eigenvalue weighted by molar-refractivity contribution is 9.10. The van der Waals surface area contributed by atoms with E-state index >= 15 is 0 Å². The lowest BCUT2D eigenvalue weighted by Gasteiger charge is -2.24. The predicted molar refractivity (Wildman–Crippen MR) is 92.6 cm³/mol. The van der Waals surface area contributed by atoms with Crippen molar-refractivity contribution in [2.24, 2.45) is 5.41 Å². The van der Waals surface area contributed by atoms with E-state index in [4.69, 9.17) is 4.74 Å². The van der Waals surface area contributed by atoms with E-state index < -0.39 is 5.41 Å². The Balaban J connectivity index is 2.03. The van der Waals surface area contributed by atoms with Gasteiger partial charge in [0.15, 0.2) is 11.6 Å². The minimum Gasteiger partial charge on any atom is -0.378 e. The molecule has 7 heteroatoms. The first-order valence-corrected chi connectivity index (χ1v) is 8.18. The van der Waals surface area contributed by atoms with Gasteiger partial charge >= 0.3 is 0 Å². The van der Waals surface area contributed by atoms with E-state index in [0.29, 0.717) is 18.2 Å². The molecule has 0 bridgehead atoms. The van der Waals surface area contributed by atoms with Crippen LogP contribution >= 0.6 is 15.9 Å². The Kier molecular flexibility index (Phi) is 5.54.